The minimum Gasteiger partial charge on any atom is -0.352 e. The zero-order chi connectivity index (χ0) is 14.2. The Balaban J connectivity index is 2.34. The second-order valence-corrected chi connectivity index (χ2v) is 6.01. The predicted octanol–water partition coefficient (Wildman–Crippen LogP) is 3.11. The second kappa shape index (κ2) is 5.22. The van der Waals surface area contributed by atoms with Crippen molar-refractivity contribution in [3.05, 3.63) is 23.8 Å². The Hall–Kier alpha value is -0.930. The summed E-state index contributed by atoms with van der Waals surface area (Å²) in [6.45, 7) is 8.51. The van der Waals surface area contributed by atoms with Crippen LogP contribution < -0.4 is 0 Å². The quantitative estimate of drug-likeness (QED) is 0.580. The van der Waals surface area contributed by atoms with E-state index in [4.69, 9.17) is 9.47 Å². The lowest BCUT2D eigenvalue weighted by Gasteiger charge is -2.47. The summed E-state index contributed by atoms with van der Waals surface area (Å²) in [6.07, 6.45) is 4.27. The average Bonchev–Trinajstić information content (AvgIpc) is 2.40. The third kappa shape index (κ3) is 2.19. The molecule has 0 spiro atoms. The largest absolute Gasteiger partial charge is 0.352 e. The van der Waals surface area contributed by atoms with E-state index in [9.17, 15) is 4.79 Å². The van der Waals surface area contributed by atoms with Gasteiger partial charge in [0.15, 0.2) is 12.1 Å². The lowest BCUT2D eigenvalue weighted by atomic mass is 9.56. The van der Waals surface area contributed by atoms with Crippen LogP contribution >= 0.6 is 0 Å². The molecule has 0 radical (unpaired) electrons. The van der Waals surface area contributed by atoms with Crippen molar-refractivity contribution < 1.29 is 14.3 Å². The van der Waals surface area contributed by atoms with E-state index < -0.39 is 6.29 Å². The molecule has 106 valence electrons. The van der Waals surface area contributed by atoms with E-state index in [-0.39, 0.29) is 17.1 Å². The van der Waals surface area contributed by atoms with Gasteiger partial charge in [-0.25, -0.2) is 0 Å². The molecule has 0 heterocycles. The maximum absolute atomic E-state index is 12.8. The van der Waals surface area contributed by atoms with Crippen LogP contribution in [0.3, 0.4) is 0 Å². The molecular formula is C16H24O3. The number of rotatable bonds is 3. The van der Waals surface area contributed by atoms with Gasteiger partial charge < -0.3 is 9.47 Å². The Morgan fingerprint density at radius 3 is 2.63 bits per heavy atom. The van der Waals surface area contributed by atoms with Crippen molar-refractivity contribution in [2.45, 2.75) is 39.4 Å². The molecule has 0 amide bonds. The highest BCUT2D eigenvalue weighted by Crippen LogP contribution is 2.52. The number of carbonyl (C=O) groups is 1. The predicted molar refractivity (Wildman–Crippen MR) is 74.6 cm³/mol. The van der Waals surface area contributed by atoms with Crippen molar-refractivity contribution in [2.75, 3.05) is 14.2 Å². The van der Waals surface area contributed by atoms with Gasteiger partial charge in [0.25, 0.3) is 0 Å². The molecule has 0 aromatic rings. The summed E-state index contributed by atoms with van der Waals surface area (Å²) >= 11 is 0. The van der Waals surface area contributed by atoms with E-state index >= 15 is 0 Å². The molecule has 3 nitrogen and oxygen atoms in total. The molecule has 0 saturated heterocycles. The lowest BCUT2D eigenvalue weighted by molar-refractivity contribution is -0.136. The highest BCUT2D eigenvalue weighted by atomic mass is 16.7. The molecule has 0 aromatic carbocycles. The Bertz CT molecular complexity index is 420. The molecule has 0 aliphatic heterocycles. The number of allylic oxidation sites excluding steroid dienone is 2. The molecule has 0 unspecified atom stereocenters. The Labute approximate surface area is 115 Å². The number of hydrogen-bond donors (Lipinski definition) is 0. The van der Waals surface area contributed by atoms with E-state index in [2.05, 4.69) is 20.4 Å². The summed E-state index contributed by atoms with van der Waals surface area (Å²) in [5, 5.41) is 0. The van der Waals surface area contributed by atoms with Gasteiger partial charge in [0.2, 0.25) is 0 Å². The summed E-state index contributed by atoms with van der Waals surface area (Å²) in [6, 6.07) is 0. The fourth-order valence-corrected chi connectivity index (χ4v) is 3.53. The standard InChI is InChI=1S/C16H24O3/c1-10-8-9-16(3)13(11(10)2)7-6-12(14(16)17)15(18-4)19-5/h6,10,13,15H,2,7-9H2,1,3-5H3/t10-,13-,16-/m0/s1. The smallest absolute Gasteiger partial charge is 0.186 e. The fraction of sp³-hybridized carbons (Fsp3) is 0.688. The monoisotopic (exact) mass is 264 g/mol. The Morgan fingerprint density at radius 2 is 2.05 bits per heavy atom. The number of Topliss-reactive ketones (excluding diaryl/α,β-unsaturated/α-hetero) is 1. The minimum absolute atomic E-state index is 0.172. The number of carbonyl (C=O) groups excluding carboxylic acids is 1. The fourth-order valence-electron chi connectivity index (χ4n) is 3.53. The van der Waals surface area contributed by atoms with E-state index in [0.717, 1.165) is 19.3 Å². The molecule has 3 atom stereocenters. The first-order valence-corrected chi connectivity index (χ1v) is 6.94. The zero-order valence-electron chi connectivity index (χ0n) is 12.4. The molecular weight excluding hydrogens is 240 g/mol. The van der Waals surface area contributed by atoms with Crippen LogP contribution in [0, 0.1) is 17.3 Å². The third-order valence-corrected chi connectivity index (χ3v) is 4.98. The maximum Gasteiger partial charge on any atom is 0.186 e. The highest BCUT2D eigenvalue weighted by Gasteiger charge is 2.49. The molecule has 1 fully saturated rings. The normalized spacial score (nSPS) is 35.3. The lowest BCUT2D eigenvalue weighted by Crippen LogP contribution is -2.46. The molecule has 0 bridgehead atoms. The van der Waals surface area contributed by atoms with Gasteiger partial charge in [-0.1, -0.05) is 32.1 Å². The van der Waals surface area contributed by atoms with Crippen LogP contribution in [0.15, 0.2) is 23.8 Å². The minimum atomic E-state index is -0.544. The van der Waals surface area contributed by atoms with Crippen LogP contribution in [0.25, 0.3) is 0 Å². The SMILES string of the molecule is C=C1[C@@H](C)CC[C@]2(C)C(=O)C(C(OC)OC)=CC[C@@H]12. The van der Waals surface area contributed by atoms with Crippen LogP contribution in [0.5, 0.6) is 0 Å². The topological polar surface area (TPSA) is 35.5 Å². The second-order valence-electron chi connectivity index (χ2n) is 6.01. The van der Waals surface area contributed by atoms with E-state index in [1.54, 1.807) is 14.2 Å². The van der Waals surface area contributed by atoms with Crippen LogP contribution in [0.2, 0.25) is 0 Å². The van der Waals surface area contributed by atoms with Gasteiger partial charge in [0.05, 0.1) is 0 Å². The highest BCUT2D eigenvalue weighted by molar-refractivity contribution is 6.01. The van der Waals surface area contributed by atoms with Crippen LogP contribution in [0.4, 0.5) is 0 Å². The number of ketones is 1. The van der Waals surface area contributed by atoms with Gasteiger partial charge in [-0.05, 0) is 31.1 Å². The van der Waals surface area contributed by atoms with Gasteiger partial charge in [-0.2, -0.15) is 0 Å². The number of hydrogen-bond acceptors (Lipinski definition) is 3. The number of ether oxygens (including phenoxy) is 2. The summed E-state index contributed by atoms with van der Waals surface area (Å²) < 4.78 is 10.5. The van der Waals surface area contributed by atoms with E-state index in [0.29, 0.717) is 11.5 Å². The molecule has 1 saturated carbocycles. The zero-order valence-corrected chi connectivity index (χ0v) is 12.4. The van der Waals surface area contributed by atoms with Crippen molar-refractivity contribution in [1.82, 2.24) is 0 Å². The van der Waals surface area contributed by atoms with E-state index in [1.165, 1.54) is 5.57 Å². The first-order valence-electron chi connectivity index (χ1n) is 6.94. The molecule has 3 heteroatoms. The van der Waals surface area contributed by atoms with Crippen LogP contribution in [0.1, 0.15) is 33.1 Å². The third-order valence-electron chi connectivity index (χ3n) is 4.98. The molecule has 19 heavy (non-hydrogen) atoms. The molecule has 2 aliphatic carbocycles. The van der Waals surface area contributed by atoms with Crippen molar-refractivity contribution in [3.8, 4) is 0 Å². The first kappa shape index (κ1) is 14.5. The molecule has 0 N–H and O–H groups in total. The molecule has 0 aromatic heterocycles. The first-order chi connectivity index (χ1) is 8.95. The summed E-state index contributed by atoms with van der Waals surface area (Å²) in [5.74, 6) is 0.953. The van der Waals surface area contributed by atoms with Crippen molar-refractivity contribution in [3.63, 3.8) is 0 Å². The summed E-state index contributed by atoms with van der Waals surface area (Å²) in [7, 11) is 3.14. The maximum atomic E-state index is 12.8. The van der Waals surface area contributed by atoms with Crippen molar-refractivity contribution >= 4 is 5.78 Å². The van der Waals surface area contributed by atoms with Gasteiger partial charge in [0, 0.05) is 25.2 Å². The van der Waals surface area contributed by atoms with Crippen LogP contribution in [-0.4, -0.2) is 26.3 Å². The number of fused-ring (bicyclic) bond motifs is 1. The Kier molecular flexibility index (Phi) is 3.98. The van der Waals surface area contributed by atoms with Crippen molar-refractivity contribution in [1.29, 1.82) is 0 Å². The Morgan fingerprint density at radius 1 is 1.42 bits per heavy atom. The van der Waals surface area contributed by atoms with Gasteiger partial charge >= 0.3 is 0 Å². The molecule has 2 rings (SSSR count). The summed E-state index contributed by atoms with van der Waals surface area (Å²) in [5.41, 5.74) is 1.57. The number of methoxy groups -OCH3 is 2. The van der Waals surface area contributed by atoms with Gasteiger partial charge in [-0.3, -0.25) is 4.79 Å². The van der Waals surface area contributed by atoms with Crippen LogP contribution in [-0.2, 0) is 14.3 Å². The average molecular weight is 264 g/mol. The van der Waals surface area contributed by atoms with Gasteiger partial charge in [-0.15, -0.1) is 0 Å². The summed E-state index contributed by atoms with van der Waals surface area (Å²) in [4.78, 5) is 12.8. The van der Waals surface area contributed by atoms with Gasteiger partial charge in [0.1, 0.15) is 0 Å². The van der Waals surface area contributed by atoms with Crippen molar-refractivity contribution in [2.24, 2.45) is 17.3 Å². The van der Waals surface area contributed by atoms with E-state index in [1.807, 2.05) is 6.08 Å². The molecule has 2 aliphatic rings.